The van der Waals surface area contributed by atoms with E-state index in [1.54, 1.807) is 47.6 Å². The van der Waals surface area contributed by atoms with Crippen molar-refractivity contribution in [2.75, 3.05) is 13.1 Å². The number of pyridine rings is 1. The van der Waals surface area contributed by atoms with Crippen LogP contribution in [0.1, 0.15) is 16.8 Å². The van der Waals surface area contributed by atoms with Gasteiger partial charge in [0.1, 0.15) is 17.3 Å². The topological polar surface area (TPSA) is 78.3 Å². The molecule has 0 spiro atoms. The van der Waals surface area contributed by atoms with Gasteiger partial charge in [-0.3, -0.25) is 9.78 Å². The van der Waals surface area contributed by atoms with Crippen LogP contribution in [0, 0.1) is 23.2 Å². The number of ether oxygens (including phenoxy) is 1. The van der Waals surface area contributed by atoms with Crippen LogP contribution in [0.2, 0.25) is 0 Å². The van der Waals surface area contributed by atoms with E-state index in [0.29, 0.717) is 36.1 Å². The molecule has 1 aliphatic carbocycles. The zero-order valence-corrected chi connectivity index (χ0v) is 16.6. The predicted octanol–water partition coefficient (Wildman–Crippen LogP) is 3.97. The Morgan fingerprint density at radius 1 is 1.19 bits per heavy atom. The molecule has 2 atom stereocenters. The van der Waals surface area contributed by atoms with Crippen LogP contribution in [0.15, 0.2) is 67.0 Å². The molecule has 1 unspecified atom stereocenters. The van der Waals surface area contributed by atoms with Crippen LogP contribution >= 0.6 is 0 Å². The molecular weight excluding hydrogens is 395 g/mol. The minimum absolute atomic E-state index is 0.136. The van der Waals surface area contributed by atoms with E-state index < -0.39 is 0 Å². The summed E-state index contributed by atoms with van der Waals surface area (Å²) in [7, 11) is 0. The van der Waals surface area contributed by atoms with Crippen molar-refractivity contribution in [2.45, 2.75) is 12.0 Å². The third-order valence-corrected chi connectivity index (χ3v) is 5.93. The second-order valence-corrected chi connectivity index (χ2v) is 8.00. The summed E-state index contributed by atoms with van der Waals surface area (Å²) in [6.07, 6.45) is 6.40. The number of nitrogens with one attached hydrogen (secondary N) is 1. The van der Waals surface area contributed by atoms with E-state index >= 15 is 0 Å². The number of halogens is 1. The smallest absolute Gasteiger partial charge is 0.251 e. The second kappa shape index (κ2) is 7.40. The monoisotopic (exact) mass is 414 g/mol. The molecule has 154 valence electrons. The molecule has 0 radical (unpaired) electrons. The van der Waals surface area contributed by atoms with Crippen molar-refractivity contribution >= 4 is 5.91 Å². The molecule has 1 amide bonds. The third kappa shape index (κ3) is 3.68. The Bertz CT molecular complexity index is 1170. The van der Waals surface area contributed by atoms with Crippen LogP contribution in [0.3, 0.4) is 0 Å². The number of fused-ring (bicyclic) bond motifs is 1. The van der Waals surface area contributed by atoms with Crippen molar-refractivity contribution in [3.8, 4) is 28.8 Å². The number of hydrogen-bond donors (Lipinski definition) is 1. The Hall–Kier alpha value is -3.92. The SMILES string of the molecule is N#CN1CC2C[C@]2(NC(=O)c2ccc(-c3cnccc3Oc3ccc(F)cc3)cc2)C1. The normalized spacial score (nSPS) is 21.2. The van der Waals surface area contributed by atoms with Crippen LogP contribution < -0.4 is 10.1 Å². The van der Waals surface area contributed by atoms with E-state index in [2.05, 4.69) is 16.5 Å². The number of amides is 1. The first-order valence-corrected chi connectivity index (χ1v) is 10.0. The fraction of sp³-hybridized carbons (Fsp3) is 0.208. The summed E-state index contributed by atoms with van der Waals surface area (Å²) in [4.78, 5) is 18.6. The maximum absolute atomic E-state index is 13.1. The first-order chi connectivity index (χ1) is 15.1. The van der Waals surface area contributed by atoms with Crippen LogP contribution in [0.25, 0.3) is 11.1 Å². The molecule has 1 N–H and O–H groups in total. The van der Waals surface area contributed by atoms with Crippen molar-refractivity contribution in [1.29, 1.82) is 5.26 Å². The maximum Gasteiger partial charge on any atom is 0.251 e. The lowest BCUT2D eigenvalue weighted by atomic mass is 10.0. The van der Waals surface area contributed by atoms with Gasteiger partial charge in [0.2, 0.25) is 0 Å². The molecule has 6 nitrogen and oxygen atoms in total. The van der Waals surface area contributed by atoms with Crippen molar-refractivity contribution in [3.05, 3.63) is 78.4 Å². The Labute approximate surface area is 178 Å². The predicted molar refractivity (Wildman–Crippen MR) is 112 cm³/mol. The Kier molecular flexibility index (Phi) is 4.55. The van der Waals surface area contributed by atoms with Gasteiger partial charge in [-0.25, -0.2) is 4.39 Å². The number of carbonyl (C=O) groups excluding carboxylic acids is 1. The van der Waals surface area contributed by atoms with E-state index in [1.807, 2.05) is 12.1 Å². The summed E-state index contributed by atoms with van der Waals surface area (Å²) in [5, 5.41) is 12.2. The maximum atomic E-state index is 13.1. The van der Waals surface area contributed by atoms with E-state index in [9.17, 15) is 9.18 Å². The van der Waals surface area contributed by atoms with Gasteiger partial charge in [0, 0.05) is 36.0 Å². The molecule has 2 aliphatic rings. The molecule has 2 fully saturated rings. The van der Waals surface area contributed by atoms with Crippen molar-refractivity contribution in [1.82, 2.24) is 15.2 Å². The second-order valence-electron chi connectivity index (χ2n) is 8.00. The van der Waals surface area contributed by atoms with Crippen molar-refractivity contribution < 1.29 is 13.9 Å². The summed E-state index contributed by atoms with van der Waals surface area (Å²) in [5.74, 6) is 0.998. The highest BCUT2D eigenvalue weighted by molar-refractivity contribution is 5.95. The number of hydrogen-bond acceptors (Lipinski definition) is 5. The largest absolute Gasteiger partial charge is 0.457 e. The lowest BCUT2D eigenvalue weighted by Crippen LogP contribution is -2.41. The number of carbonyl (C=O) groups is 1. The number of benzene rings is 2. The van der Waals surface area contributed by atoms with Crippen LogP contribution in [-0.2, 0) is 0 Å². The van der Waals surface area contributed by atoms with Crippen LogP contribution in [0.4, 0.5) is 4.39 Å². The molecule has 2 aromatic carbocycles. The highest BCUT2D eigenvalue weighted by atomic mass is 19.1. The molecule has 1 aliphatic heterocycles. The fourth-order valence-corrected chi connectivity index (χ4v) is 4.17. The van der Waals surface area contributed by atoms with E-state index in [0.717, 1.165) is 17.5 Å². The van der Waals surface area contributed by atoms with Gasteiger partial charge in [-0.2, -0.15) is 5.26 Å². The standard InChI is InChI=1S/C24H19FN4O2/c25-19-5-7-20(8-6-19)31-22-9-10-27-12-21(22)16-1-3-17(4-2-16)23(30)28-24-11-18(24)13-29(14-24)15-26/h1-10,12,18H,11,13-14H2,(H,28,30)/t18?,24-/m0/s1. The Morgan fingerprint density at radius 2 is 1.97 bits per heavy atom. The minimum atomic E-state index is -0.328. The number of aromatic nitrogens is 1. The number of likely N-dealkylation sites (tertiary alicyclic amines) is 1. The first kappa shape index (κ1) is 19.1. The van der Waals surface area contributed by atoms with E-state index in [4.69, 9.17) is 10.00 Å². The lowest BCUT2D eigenvalue weighted by molar-refractivity contribution is 0.0929. The Morgan fingerprint density at radius 3 is 2.68 bits per heavy atom. The number of piperidine rings is 1. The number of nitrogens with zero attached hydrogens (tertiary/aromatic N) is 3. The van der Waals surface area contributed by atoms with Crippen LogP contribution in [-0.4, -0.2) is 34.4 Å². The van der Waals surface area contributed by atoms with Gasteiger partial charge >= 0.3 is 0 Å². The van der Waals surface area contributed by atoms with Crippen LogP contribution in [0.5, 0.6) is 11.5 Å². The first-order valence-electron chi connectivity index (χ1n) is 10.0. The van der Waals surface area contributed by atoms with Gasteiger partial charge in [-0.05, 0) is 54.4 Å². The molecule has 7 heteroatoms. The molecule has 0 bridgehead atoms. The van der Waals surface area contributed by atoms with Crippen molar-refractivity contribution in [3.63, 3.8) is 0 Å². The summed E-state index contributed by atoms with van der Waals surface area (Å²) in [5.41, 5.74) is 1.91. The molecule has 1 saturated carbocycles. The highest BCUT2D eigenvalue weighted by Crippen LogP contribution is 2.49. The van der Waals surface area contributed by atoms with Gasteiger partial charge in [0.05, 0.1) is 12.1 Å². The highest BCUT2D eigenvalue weighted by Gasteiger charge is 2.61. The number of nitriles is 1. The molecular formula is C24H19FN4O2. The fourth-order valence-electron chi connectivity index (χ4n) is 4.17. The zero-order chi connectivity index (χ0) is 21.4. The summed E-state index contributed by atoms with van der Waals surface area (Å²) >= 11 is 0. The molecule has 31 heavy (non-hydrogen) atoms. The van der Waals surface area contributed by atoms with Gasteiger partial charge in [-0.15, -0.1) is 0 Å². The average molecular weight is 414 g/mol. The number of rotatable bonds is 5. The minimum Gasteiger partial charge on any atom is -0.457 e. The summed E-state index contributed by atoms with van der Waals surface area (Å²) < 4.78 is 19.1. The molecule has 3 aromatic rings. The van der Waals surface area contributed by atoms with Gasteiger partial charge < -0.3 is 15.0 Å². The molecule has 1 aromatic heterocycles. The third-order valence-electron chi connectivity index (χ3n) is 5.93. The van der Waals surface area contributed by atoms with Gasteiger partial charge in [0.15, 0.2) is 6.19 Å². The van der Waals surface area contributed by atoms with Gasteiger partial charge in [0.25, 0.3) is 5.91 Å². The molecule has 2 heterocycles. The quantitative estimate of drug-likeness (QED) is 0.640. The molecule has 1 saturated heterocycles. The summed E-state index contributed by atoms with van der Waals surface area (Å²) in [6.45, 7) is 1.30. The van der Waals surface area contributed by atoms with E-state index in [-0.39, 0.29) is 17.3 Å². The average Bonchev–Trinajstić information content (AvgIpc) is 3.34. The lowest BCUT2D eigenvalue weighted by Gasteiger charge is -2.17. The zero-order valence-electron chi connectivity index (χ0n) is 16.6. The Balaban J connectivity index is 1.32. The van der Waals surface area contributed by atoms with E-state index in [1.165, 1.54) is 12.1 Å². The molecule has 5 rings (SSSR count). The summed E-state index contributed by atoms with van der Waals surface area (Å²) in [6, 6.07) is 14.8. The van der Waals surface area contributed by atoms with Gasteiger partial charge in [-0.1, -0.05) is 12.1 Å². The van der Waals surface area contributed by atoms with Crippen molar-refractivity contribution in [2.24, 2.45) is 5.92 Å².